The summed E-state index contributed by atoms with van der Waals surface area (Å²) in [6, 6.07) is 10.5. The Kier molecular flexibility index (Phi) is 7.09. The predicted molar refractivity (Wildman–Crippen MR) is 85.6 cm³/mol. The lowest BCUT2D eigenvalue weighted by Gasteiger charge is -2.29. The molecule has 24 heavy (non-hydrogen) atoms. The number of nitrogens with one attached hydrogen (secondary N) is 1. The van der Waals surface area contributed by atoms with Crippen LogP contribution in [0, 0.1) is 5.92 Å². The normalized spacial score (nSPS) is 21.5. The van der Waals surface area contributed by atoms with Crippen molar-refractivity contribution in [1.82, 2.24) is 5.32 Å². The smallest absolute Gasteiger partial charge is 0.372 e. The number of carbonyl (C=O) groups is 1. The molecule has 0 spiro atoms. The second-order valence-corrected chi connectivity index (χ2v) is 6.35. The van der Waals surface area contributed by atoms with E-state index in [1.807, 2.05) is 6.07 Å². The molecular weight excluding hydrogens is 319 g/mol. The lowest BCUT2D eigenvalue weighted by molar-refractivity contribution is -0.174. The van der Waals surface area contributed by atoms with E-state index in [4.69, 9.17) is 0 Å². The number of benzene rings is 1. The van der Waals surface area contributed by atoms with Gasteiger partial charge in [0, 0.05) is 13.0 Å². The van der Waals surface area contributed by atoms with Crippen LogP contribution >= 0.6 is 0 Å². The molecule has 0 aromatic heterocycles. The van der Waals surface area contributed by atoms with Gasteiger partial charge in [0.05, 0.1) is 6.61 Å². The van der Waals surface area contributed by atoms with Gasteiger partial charge in [-0.1, -0.05) is 30.3 Å². The molecule has 3 nitrogen and oxygen atoms in total. The molecule has 1 aliphatic carbocycles. The Labute approximate surface area is 140 Å². The first kappa shape index (κ1) is 18.8. The van der Waals surface area contributed by atoms with Gasteiger partial charge < -0.3 is 10.1 Å². The molecule has 1 aliphatic rings. The molecular formula is C18H24F3NO2. The second kappa shape index (κ2) is 9.06. The molecule has 0 unspecified atom stereocenters. The fourth-order valence-electron chi connectivity index (χ4n) is 3.12. The molecule has 0 bridgehead atoms. The van der Waals surface area contributed by atoms with Crippen LogP contribution in [-0.4, -0.2) is 31.8 Å². The first-order valence-electron chi connectivity index (χ1n) is 8.40. The van der Waals surface area contributed by atoms with Crippen molar-refractivity contribution in [2.45, 2.75) is 44.2 Å². The Balaban J connectivity index is 1.58. The average Bonchev–Trinajstić information content (AvgIpc) is 2.57. The highest BCUT2D eigenvalue weighted by atomic mass is 19.4. The molecule has 0 heterocycles. The zero-order valence-corrected chi connectivity index (χ0v) is 13.6. The maximum atomic E-state index is 11.9. The van der Waals surface area contributed by atoms with E-state index in [9.17, 15) is 18.0 Å². The minimum atomic E-state index is -4.34. The van der Waals surface area contributed by atoms with E-state index in [-0.39, 0.29) is 18.9 Å². The van der Waals surface area contributed by atoms with Crippen LogP contribution in [0.3, 0.4) is 0 Å². The Bertz CT molecular complexity index is 497. The third kappa shape index (κ3) is 6.91. The van der Waals surface area contributed by atoms with Gasteiger partial charge in [-0.3, -0.25) is 4.79 Å². The number of alkyl halides is 3. The molecule has 1 amide bonds. The number of hydrogen-bond donors (Lipinski definition) is 1. The van der Waals surface area contributed by atoms with Gasteiger partial charge in [0.25, 0.3) is 0 Å². The number of ether oxygens (including phenoxy) is 1. The van der Waals surface area contributed by atoms with E-state index >= 15 is 0 Å². The first-order chi connectivity index (χ1) is 11.4. The molecule has 0 aliphatic heterocycles. The standard InChI is InChI=1S/C18H24F3NO2/c19-18(20,21)13-24-11-10-17(23)22-12-14-6-8-16(9-7-14)15-4-2-1-3-5-15/h1-5,14,16H,6-13H2,(H,22,23). The van der Waals surface area contributed by atoms with Crippen LogP contribution in [-0.2, 0) is 9.53 Å². The summed E-state index contributed by atoms with van der Waals surface area (Å²) in [6.45, 7) is -0.907. The summed E-state index contributed by atoms with van der Waals surface area (Å²) in [6.07, 6.45) is -0.0311. The molecule has 1 fully saturated rings. The topological polar surface area (TPSA) is 38.3 Å². The maximum Gasteiger partial charge on any atom is 0.411 e. The fourth-order valence-corrected chi connectivity index (χ4v) is 3.12. The van der Waals surface area contributed by atoms with Crippen molar-refractivity contribution in [3.05, 3.63) is 35.9 Å². The molecule has 6 heteroatoms. The Morgan fingerprint density at radius 3 is 2.42 bits per heavy atom. The van der Waals surface area contributed by atoms with Crippen LogP contribution in [0.1, 0.15) is 43.6 Å². The van der Waals surface area contributed by atoms with E-state index in [1.165, 1.54) is 5.56 Å². The molecule has 0 saturated heterocycles. The average molecular weight is 343 g/mol. The van der Waals surface area contributed by atoms with Gasteiger partial charge in [0.2, 0.25) is 5.91 Å². The Morgan fingerprint density at radius 2 is 1.79 bits per heavy atom. The first-order valence-corrected chi connectivity index (χ1v) is 8.40. The quantitative estimate of drug-likeness (QED) is 0.759. The Hall–Kier alpha value is -1.56. The molecule has 0 atom stereocenters. The molecule has 2 rings (SSSR count). The largest absolute Gasteiger partial charge is 0.411 e. The van der Waals surface area contributed by atoms with Crippen molar-refractivity contribution in [2.75, 3.05) is 19.8 Å². The van der Waals surface area contributed by atoms with Crippen LogP contribution in [0.4, 0.5) is 13.2 Å². The van der Waals surface area contributed by atoms with Gasteiger partial charge in [0.15, 0.2) is 0 Å². The van der Waals surface area contributed by atoms with Crippen LogP contribution in [0.15, 0.2) is 30.3 Å². The SMILES string of the molecule is O=C(CCOCC(F)(F)F)NCC1CCC(c2ccccc2)CC1. The summed E-state index contributed by atoms with van der Waals surface area (Å²) in [5.74, 6) is 0.793. The number of carbonyl (C=O) groups excluding carboxylic acids is 1. The predicted octanol–water partition coefficient (Wildman–Crippen LogP) is 4.05. The van der Waals surface area contributed by atoms with Gasteiger partial charge in [-0.2, -0.15) is 13.2 Å². The molecule has 1 aromatic carbocycles. The second-order valence-electron chi connectivity index (χ2n) is 6.35. The Morgan fingerprint density at radius 1 is 1.12 bits per heavy atom. The van der Waals surface area contributed by atoms with Gasteiger partial charge in [-0.15, -0.1) is 0 Å². The highest BCUT2D eigenvalue weighted by Crippen LogP contribution is 2.35. The third-order valence-electron chi connectivity index (χ3n) is 4.44. The van der Waals surface area contributed by atoms with Crippen LogP contribution in [0.5, 0.6) is 0 Å². The van der Waals surface area contributed by atoms with Crippen LogP contribution in [0.25, 0.3) is 0 Å². The van der Waals surface area contributed by atoms with E-state index in [2.05, 4.69) is 34.3 Å². The molecule has 1 saturated carbocycles. The maximum absolute atomic E-state index is 11.9. The third-order valence-corrected chi connectivity index (χ3v) is 4.44. The van der Waals surface area contributed by atoms with Crippen molar-refractivity contribution in [3.8, 4) is 0 Å². The summed E-state index contributed by atoms with van der Waals surface area (Å²) in [5.41, 5.74) is 1.38. The minimum Gasteiger partial charge on any atom is -0.372 e. The number of halogens is 3. The minimum absolute atomic E-state index is 0.0323. The van der Waals surface area contributed by atoms with Gasteiger partial charge >= 0.3 is 6.18 Å². The lowest BCUT2D eigenvalue weighted by Crippen LogP contribution is -2.32. The van der Waals surface area contributed by atoms with Crippen molar-refractivity contribution < 1.29 is 22.7 Å². The number of rotatable bonds is 7. The number of hydrogen-bond acceptors (Lipinski definition) is 2. The monoisotopic (exact) mass is 343 g/mol. The molecule has 134 valence electrons. The van der Waals surface area contributed by atoms with Gasteiger partial charge in [0.1, 0.15) is 6.61 Å². The summed E-state index contributed by atoms with van der Waals surface area (Å²) in [7, 11) is 0. The zero-order valence-electron chi connectivity index (χ0n) is 13.6. The van der Waals surface area contributed by atoms with Crippen molar-refractivity contribution in [1.29, 1.82) is 0 Å². The van der Waals surface area contributed by atoms with E-state index in [0.717, 1.165) is 25.7 Å². The lowest BCUT2D eigenvalue weighted by atomic mass is 9.79. The summed E-state index contributed by atoms with van der Waals surface area (Å²) < 4.78 is 40.1. The van der Waals surface area contributed by atoms with Gasteiger partial charge in [-0.25, -0.2) is 0 Å². The highest BCUT2D eigenvalue weighted by Gasteiger charge is 2.27. The molecule has 0 radical (unpaired) electrons. The van der Waals surface area contributed by atoms with E-state index < -0.39 is 12.8 Å². The summed E-state index contributed by atoms with van der Waals surface area (Å²) in [4.78, 5) is 11.6. The van der Waals surface area contributed by atoms with Crippen molar-refractivity contribution in [2.24, 2.45) is 5.92 Å². The molecule has 1 N–H and O–H groups in total. The van der Waals surface area contributed by atoms with Crippen LogP contribution < -0.4 is 5.32 Å². The number of amides is 1. The molecule has 1 aromatic rings. The van der Waals surface area contributed by atoms with Crippen LogP contribution in [0.2, 0.25) is 0 Å². The highest BCUT2D eigenvalue weighted by molar-refractivity contribution is 5.75. The van der Waals surface area contributed by atoms with E-state index in [1.54, 1.807) is 0 Å². The summed E-state index contributed by atoms with van der Waals surface area (Å²) >= 11 is 0. The zero-order chi connectivity index (χ0) is 17.4. The van der Waals surface area contributed by atoms with Crippen molar-refractivity contribution in [3.63, 3.8) is 0 Å². The fraction of sp³-hybridized carbons (Fsp3) is 0.611. The van der Waals surface area contributed by atoms with Crippen molar-refractivity contribution >= 4 is 5.91 Å². The van der Waals surface area contributed by atoms with E-state index in [0.29, 0.717) is 18.4 Å². The van der Waals surface area contributed by atoms with Gasteiger partial charge in [-0.05, 0) is 43.1 Å². The summed E-state index contributed by atoms with van der Waals surface area (Å²) in [5, 5.41) is 2.80.